The molecular weight excluding hydrogens is 581 g/mol. The van der Waals surface area contributed by atoms with Crippen molar-refractivity contribution in [2.75, 3.05) is 32.7 Å². The highest BCUT2D eigenvalue weighted by atomic mass is 19.4. The van der Waals surface area contributed by atoms with Crippen LogP contribution in [0.3, 0.4) is 0 Å². The zero-order chi connectivity index (χ0) is 30.9. The number of amides is 1. The summed E-state index contributed by atoms with van der Waals surface area (Å²) in [6.45, 7) is 1.31. The average Bonchev–Trinajstić information content (AvgIpc) is 3.28. The Morgan fingerprint density at radius 3 is 2.19 bits per heavy atom. The largest absolute Gasteiger partial charge is 0.490 e. The molecule has 12 heteroatoms. The third-order valence-electron chi connectivity index (χ3n) is 8.57. The number of piperidine rings is 2. The molecule has 2 saturated heterocycles. The summed E-state index contributed by atoms with van der Waals surface area (Å²) < 4.78 is 98.9. The summed E-state index contributed by atoms with van der Waals surface area (Å²) in [5, 5.41) is 0. The first-order valence-corrected chi connectivity index (χ1v) is 13.9. The van der Waals surface area contributed by atoms with Gasteiger partial charge in [0.1, 0.15) is 17.7 Å². The van der Waals surface area contributed by atoms with Crippen LogP contribution in [0.15, 0.2) is 42.5 Å². The first-order valence-electron chi connectivity index (χ1n) is 13.9. The van der Waals surface area contributed by atoms with Crippen LogP contribution in [0, 0.1) is 29.2 Å². The van der Waals surface area contributed by atoms with Crippen LogP contribution < -0.4 is 0 Å². The number of alkyl halides is 3. The van der Waals surface area contributed by atoms with E-state index in [1.54, 1.807) is 6.08 Å². The highest BCUT2D eigenvalue weighted by Gasteiger charge is 2.45. The Bertz CT molecular complexity index is 1420. The Labute approximate surface area is 243 Å². The molecule has 1 aliphatic carbocycles. The van der Waals surface area contributed by atoms with Gasteiger partial charge in [-0.25, -0.2) is 22.4 Å². The van der Waals surface area contributed by atoms with Gasteiger partial charge in [0.25, 0.3) is 0 Å². The predicted octanol–water partition coefficient (Wildman–Crippen LogP) is 6.03. The Balaban J connectivity index is 1.21. The Morgan fingerprint density at radius 2 is 1.56 bits per heavy atom. The minimum Gasteiger partial charge on any atom is -0.454 e. The fraction of sp³-hybridized carbons (Fsp3) is 0.419. The number of carbonyl (C=O) groups excluding carboxylic acids is 2. The van der Waals surface area contributed by atoms with E-state index in [4.69, 9.17) is 4.74 Å². The molecule has 5 nitrogen and oxygen atoms in total. The van der Waals surface area contributed by atoms with Gasteiger partial charge in [-0.15, -0.1) is 0 Å². The molecule has 2 aromatic carbocycles. The van der Waals surface area contributed by atoms with Gasteiger partial charge in [-0.3, -0.25) is 9.69 Å². The maximum atomic E-state index is 14.0. The maximum Gasteiger partial charge on any atom is 0.490 e. The molecule has 0 radical (unpaired) electrons. The first-order chi connectivity index (χ1) is 20.3. The molecule has 5 rings (SSSR count). The number of halogens is 7. The molecule has 1 unspecified atom stereocenters. The van der Waals surface area contributed by atoms with Crippen molar-refractivity contribution in [1.82, 2.24) is 9.80 Å². The van der Waals surface area contributed by atoms with E-state index in [9.17, 15) is 40.3 Å². The summed E-state index contributed by atoms with van der Waals surface area (Å²) in [7, 11) is 0. The van der Waals surface area contributed by atoms with Crippen LogP contribution in [-0.4, -0.2) is 66.7 Å². The highest BCUT2D eigenvalue weighted by Crippen LogP contribution is 2.44. The smallest absolute Gasteiger partial charge is 0.454 e. The quantitative estimate of drug-likeness (QED) is 0.228. The zero-order valence-corrected chi connectivity index (χ0v) is 23.0. The van der Waals surface area contributed by atoms with Gasteiger partial charge in [0.05, 0.1) is 0 Å². The summed E-state index contributed by atoms with van der Waals surface area (Å²) in [5.74, 6) is -6.59. The molecule has 0 bridgehead atoms. The van der Waals surface area contributed by atoms with Crippen molar-refractivity contribution < 1.29 is 45.1 Å². The number of esters is 1. The molecule has 43 heavy (non-hydrogen) atoms. The minimum atomic E-state index is -5.17. The fourth-order valence-corrected chi connectivity index (χ4v) is 6.22. The van der Waals surface area contributed by atoms with Crippen LogP contribution >= 0.6 is 0 Å². The summed E-state index contributed by atoms with van der Waals surface area (Å²) in [6, 6.07) is 5.21. The van der Waals surface area contributed by atoms with E-state index in [0.29, 0.717) is 43.1 Å². The number of rotatable bonds is 6. The molecule has 1 amide bonds. The minimum absolute atomic E-state index is 0.0515. The van der Waals surface area contributed by atoms with Crippen LogP contribution in [-0.2, 0) is 19.7 Å². The average molecular weight is 611 g/mol. The van der Waals surface area contributed by atoms with Gasteiger partial charge in [0.2, 0.25) is 5.91 Å². The van der Waals surface area contributed by atoms with Crippen LogP contribution in [0.1, 0.15) is 42.4 Å². The van der Waals surface area contributed by atoms with Gasteiger partial charge < -0.3 is 9.64 Å². The molecule has 0 N–H and O–H groups in total. The van der Waals surface area contributed by atoms with Crippen LogP contribution in [0.5, 0.6) is 0 Å². The number of ether oxygens (including phenoxy) is 1. The second-order valence-corrected chi connectivity index (χ2v) is 11.3. The summed E-state index contributed by atoms with van der Waals surface area (Å²) >= 11 is 0. The SMILES string of the molecule is O=C(C=Cc1cc(F)cc(F)c1)N1CCC(C(CN2CCC3(C=Cc4cc(F)c(F)cc43)CC2)OC(=O)C(F)(F)F)CC1. The maximum absolute atomic E-state index is 14.0. The molecule has 1 atom stereocenters. The van der Waals surface area contributed by atoms with Crippen molar-refractivity contribution in [3.63, 3.8) is 0 Å². The van der Waals surface area contributed by atoms with Crippen LogP contribution in [0.2, 0.25) is 0 Å². The second kappa shape index (κ2) is 12.1. The fourth-order valence-electron chi connectivity index (χ4n) is 6.22. The lowest BCUT2D eigenvalue weighted by Gasteiger charge is -2.42. The Kier molecular flexibility index (Phi) is 8.69. The van der Waals surface area contributed by atoms with Crippen molar-refractivity contribution in [2.45, 2.75) is 43.4 Å². The van der Waals surface area contributed by atoms with Gasteiger partial charge in [-0.05, 0) is 85.8 Å². The van der Waals surface area contributed by atoms with Gasteiger partial charge in [-0.1, -0.05) is 12.2 Å². The van der Waals surface area contributed by atoms with Crippen molar-refractivity contribution >= 4 is 24.0 Å². The molecule has 2 fully saturated rings. The monoisotopic (exact) mass is 610 g/mol. The lowest BCUT2D eigenvalue weighted by molar-refractivity contribution is -0.208. The van der Waals surface area contributed by atoms with Crippen molar-refractivity contribution in [2.24, 2.45) is 5.92 Å². The van der Waals surface area contributed by atoms with E-state index in [1.165, 1.54) is 23.1 Å². The summed E-state index contributed by atoms with van der Waals surface area (Å²) in [4.78, 5) is 27.9. The molecule has 2 aromatic rings. The normalized spacial score (nSPS) is 19.7. The molecular formula is C31H29F7N2O3. The second-order valence-electron chi connectivity index (χ2n) is 11.3. The van der Waals surface area contributed by atoms with E-state index < -0.39 is 58.8 Å². The van der Waals surface area contributed by atoms with Gasteiger partial charge in [0.15, 0.2) is 11.6 Å². The van der Waals surface area contributed by atoms with E-state index in [1.807, 2.05) is 11.0 Å². The number of carbonyl (C=O) groups is 2. The number of nitrogens with zero attached hydrogens (tertiary/aromatic N) is 2. The predicted molar refractivity (Wildman–Crippen MR) is 143 cm³/mol. The molecule has 2 heterocycles. The van der Waals surface area contributed by atoms with Gasteiger partial charge >= 0.3 is 12.1 Å². The van der Waals surface area contributed by atoms with Crippen LogP contribution in [0.4, 0.5) is 30.7 Å². The number of allylic oxidation sites excluding steroid dienone is 1. The summed E-state index contributed by atoms with van der Waals surface area (Å²) in [5.41, 5.74) is 0.940. The van der Waals surface area contributed by atoms with Crippen molar-refractivity contribution in [1.29, 1.82) is 0 Å². The van der Waals surface area contributed by atoms with E-state index >= 15 is 0 Å². The molecule has 1 spiro atoms. The third-order valence-corrected chi connectivity index (χ3v) is 8.57. The number of hydrogen-bond donors (Lipinski definition) is 0. The zero-order valence-electron chi connectivity index (χ0n) is 23.0. The Hall–Kier alpha value is -3.67. The molecule has 0 saturated carbocycles. The number of benzene rings is 2. The van der Waals surface area contributed by atoms with Crippen molar-refractivity contribution in [3.8, 4) is 0 Å². The van der Waals surface area contributed by atoms with Gasteiger partial charge in [0, 0.05) is 43.1 Å². The highest BCUT2D eigenvalue weighted by molar-refractivity contribution is 5.91. The van der Waals surface area contributed by atoms with E-state index in [-0.39, 0.29) is 38.0 Å². The Morgan fingerprint density at radius 1 is 0.930 bits per heavy atom. The van der Waals surface area contributed by atoms with Crippen molar-refractivity contribution in [3.05, 3.63) is 82.4 Å². The number of fused-ring (bicyclic) bond motifs is 2. The number of hydrogen-bond acceptors (Lipinski definition) is 4. The van der Waals surface area contributed by atoms with Gasteiger partial charge in [-0.2, -0.15) is 13.2 Å². The number of likely N-dealkylation sites (tertiary alicyclic amines) is 2. The molecule has 3 aliphatic rings. The molecule has 0 aromatic heterocycles. The van der Waals surface area contributed by atoms with E-state index in [2.05, 4.69) is 0 Å². The third kappa shape index (κ3) is 6.95. The van der Waals surface area contributed by atoms with Crippen LogP contribution in [0.25, 0.3) is 12.2 Å². The standard InChI is InChI=1S/C31H29F7N2O3/c32-22-13-19(14-23(33)16-22)1-2-28(41)40-9-4-20(5-10-40)27(43-29(42)31(36,37)38)18-39-11-7-30(8-12-39)6-3-21-15-25(34)26(35)17-24(21)30/h1-3,6,13-17,20,27H,4-5,7-12,18H2. The molecule has 230 valence electrons. The first kappa shape index (κ1) is 30.8. The molecule has 2 aliphatic heterocycles. The topological polar surface area (TPSA) is 49.9 Å². The van der Waals surface area contributed by atoms with E-state index in [0.717, 1.165) is 18.2 Å². The summed E-state index contributed by atoms with van der Waals surface area (Å²) in [6.07, 6.45) is 1.49. The lowest BCUT2D eigenvalue weighted by atomic mass is 9.74. The lowest BCUT2D eigenvalue weighted by Crippen LogP contribution is -2.49.